The van der Waals surface area contributed by atoms with Crippen LogP contribution in [0.4, 0.5) is 17.3 Å². The highest BCUT2D eigenvalue weighted by atomic mass is 127. The maximum absolute atomic E-state index is 4.91. The van der Waals surface area contributed by atoms with E-state index in [2.05, 4.69) is 133 Å². The Morgan fingerprint density at radius 1 is 0.593 bits per heavy atom. The second-order valence-corrected chi connectivity index (χ2v) is 16.6. The van der Waals surface area contributed by atoms with Gasteiger partial charge in [0.25, 0.3) is 0 Å². The molecular weight excluding hydrogens is 853 g/mol. The van der Waals surface area contributed by atoms with Crippen LogP contribution in [0.1, 0.15) is 66.1 Å². The average Bonchev–Trinajstić information content (AvgIpc) is 3.93. The monoisotopic (exact) mass is 903 g/mol. The van der Waals surface area contributed by atoms with Gasteiger partial charge in [0.1, 0.15) is 52.4 Å². The van der Waals surface area contributed by atoms with Crippen molar-refractivity contribution in [2.24, 2.45) is 10.9 Å². The molecule has 0 amide bonds. The molecule has 304 valence electrons. The van der Waals surface area contributed by atoms with E-state index >= 15 is 0 Å². The molecule has 0 unspecified atom stereocenters. The summed E-state index contributed by atoms with van der Waals surface area (Å²) in [7, 11) is 0. The van der Waals surface area contributed by atoms with Crippen molar-refractivity contribution < 1.29 is 0 Å². The van der Waals surface area contributed by atoms with Crippen molar-refractivity contribution in [3.63, 3.8) is 0 Å². The molecule has 0 bridgehead atoms. The lowest BCUT2D eigenvalue weighted by Crippen LogP contribution is -2.51. The molecule has 15 nitrogen and oxygen atoms in total. The summed E-state index contributed by atoms with van der Waals surface area (Å²) in [6.45, 7) is 20.4. The first-order valence-electron chi connectivity index (χ1n) is 20.2. The first-order chi connectivity index (χ1) is 28.5. The minimum absolute atomic E-state index is 0.399. The Balaban J connectivity index is 0.000000154. The molecule has 8 heterocycles. The van der Waals surface area contributed by atoms with E-state index in [1.165, 1.54) is 27.0 Å². The highest BCUT2D eigenvalue weighted by Crippen LogP contribution is 2.34. The van der Waals surface area contributed by atoms with Gasteiger partial charge in [-0.05, 0) is 76.7 Å². The van der Waals surface area contributed by atoms with Crippen LogP contribution in [0, 0.1) is 47.5 Å². The standard InChI is InChI=1S/C21H24N8.C20H21N7.C2H5I/c1-5-28-18-9-7-6-8-17(18)25-21(28)16-11-27(12-16)19-10-20(24-13(2)23-19)29-15(4)22-14(3)26-29;1-12-22-19(9-20(23-12)27-14(3)21-13(2)25-27)26-10-16(11-26)18-8-15-6-4-5-7-17(15)24-18;1-2-3/h6-10,16H,5,11-12H2,1-4H3;4-7,9,16H,8,10-11H2,1-3H3;2H2,1H3. The molecule has 0 saturated carbocycles. The second-order valence-electron chi connectivity index (χ2n) is 15.1. The number of aliphatic imine (C=N–C) groups is 1. The lowest BCUT2D eigenvalue weighted by Gasteiger charge is -2.40. The molecule has 0 atom stereocenters. The Kier molecular flexibility index (Phi) is 11.5. The van der Waals surface area contributed by atoms with Crippen molar-refractivity contribution in [3.05, 3.63) is 107 Å². The van der Waals surface area contributed by atoms with Gasteiger partial charge in [-0.25, -0.2) is 34.9 Å². The normalized spacial score (nSPS) is 14.9. The molecule has 0 N–H and O–H groups in total. The molecule has 2 saturated heterocycles. The molecule has 0 aliphatic carbocycles. The van der Waals surface area contributed by atoms with Gasteiger partial charge in [-0.15, -0.1) is 10.2 Å². The van der Waals surface area contributed by atoms with Crippen molar-refractivity contribution in [2.45, 2.75) is 74.3 Å². The third-order valence-corrected chi connectivity index (χ3v) is 10.7. The maximum Gasteiger partial charge on any atom is 0.161 e. The largest absolute Gasteiger partial charge is 0.355 e. The number of para-hydroxylation sites is 3. The Hall–Kier alpha value is -5.65. The van der Waals surface area contributed by atoms with Crippen LogP contribution in [0.15, 0.2) is 65.7 Å². The number of hydrogen-bond donors (Lipinski definition) is 0. The third-order valence-electron chi connectivity index (χ3n) is 10.7. The van der Waals surface area contributed by atoms with Crippen molar-refractivity contribution in [1.29, 1.82) is 0 Å². The number of anilines is 2. The highest BCUT2D eigenvalue weighted by Gasteiger charge is 2.35. The van der Waals surface area contributed by atoms with E-state index in [1.807, 2.05) is 59.7 Å². The minimum atomic E-state index is 0.399. The number of hydrogen-bond acceptors (Lipinski definition) is 12. The van der Waals surface area contributed by atoms with E-state index in [-0.39, 0.29) is 0 Å². The van der Waals surface area contributed by atoms with Crippen LogP contribution in [0.25, 0.3) is 22.7 Å². The van der Waals surface area contributed by atoms with Gasteiger partial charge in [-0.1, -0.05) is 59.8 Å². The predicted molar refractivity (Wildman–Crippen MR) is 240 cm³/mol. The highest BCUT2D eigenvalue weighted by molar-refractivity contribution is 14.1. The van der Waals surface area contributed by atoms with E-state index in [0.29, 0.717) is 11.8 Å². The van der Waals surface area contributed by atoms with Gasteiger partial charge in [0.15, 0.2) is 11.6 Å². The lowest BCUT2D eigenvalue weighted by atomic mass is 9.91. The molecule has 7 aromatic rings. The van der Waals surface area contributed by atoms with E-state index in [9.17, 15) is 0 Å². The number of nitrogens with zero attached hydrogens (tertiary/aromatic N) is 15. The first-order valence-corrected chi connectivity index (χ1v) is 21.7. The molecule has 10 rings (SSSR count). The number of benzene rings is 2. The Labute approximate surface area is 358 Å². The van der Waals surface area contributed by atoms with Crippen LogP contribution >= 0.6 is 22.6 Å². The fourth-order valence-electron chi connectivity index (χ4n) is 7.93. The van der Waals surface area contributed by atoms with Gasteiger partial charge in [-0.3, -0.25) is 4.99 Å². The fraction of sp³-hybridized carbons (Fsp3) is 0.395. The molecule has 3 aliphatic rings. The van der Waals surface area contributed by atoms with Crippen LogP contribution in [0.3, 0.4) is 0 Å². The van der Waals surface area contributed by atoms with Gasteiger partial charge >= 0.3 is 0 Å². The van der Waals surface area contributed by atoms with Gasteiger partial charge in [-0.2, -0.15) is 9.36 Å². The van der Waals surface area contributed by atoms with Gasteiger partial charge in [0.05, 0.1) is 22.6 Å². The van der Waals surface area contributed by atoms with Crippen molar-refractivity contribution >= 4 is 56.7 Å². The Bertz CT molecular complexity index is 2650. The number of alkyl halides is 1. The lowest BCUT2D eigenvalue weighted by molar-refractivity contribution is 0.477. The maximum atomic E-state index is 4.91. The third kappa shape index (κ3) is 8.31. The summed E-state index contributed by atoms with van der Waals surface area (Å²) in [4.78, 5) is 41.5. The predicted octanol–water partition coefficient (Wildman–Crippen LogP) is 7.14. The van der Waals surface area contributed by atoms with Crippen molar-refractivity contribution in [3.8, 4) is 11.6 Å². The zero-order valence-corrected chi connectivity index (χ0v) is 37.1. The minimum Gasteiger partial charge on any atom is -0.355 e. The van der Waals surface area contributed by atoms with Crippen LogP contribution in [-0.4, -0.2) is 95.3 Å². The molecule has 5 aromatic heterocycles. The number of halogens is 1. The van der Waals surface area contributed by atoms with Crippen LogP contribution < -0.4 is 9.80 Å². The number of aryl methyl sites for hydroxylation is 7. The molecule has 2 fully saturated rings. The summed E-state index contributed by atoms with van der Waals surface area (Å²) < 4.78 is 7.11. The van der Waals surface area contributed by atoms with E-state index < -0.39 is 0 Å². The molecule has 0 radical (unpaired) electrons. The van der Waals surface area contributed by atoms with Gasteiger partial charge in [0, 0.05) is 62.9 Å². The smallest absolute Gasteiger partial charge is 0.161 e. The van der Waals surface area contributed by atoms with Gasteiger partial charge < -0.3 is 14.4 Å². The second kappa shape index (κ2) is 16.9. The fourth-order valence-corrected chi connectivity index (χ4v) is 7.93. The van der Waals surface area contributed by atoms with Crippen LogP contribution in [0.5, 0.6) is 0 Å². The summed E-state index contributed by atoms with van der Waals surface area (Å²) in [6, 6.07) is 20.8. The topological polar surface area (TPSA) is 150 Å². The average molecular weight is 904 g/mol. The van der Waals surface area contributed by atoms with Crippen LogP contribution in [-0.2, 0) is 13.0 Å². The quantitative estimate of drug-likeness (QED) is 0.119. The summed E-state index contributed by atoms with van der Waals surface area (Å²) in [5, 5.41) is 8.90. The first kappa shape index (κ1) is 40.1. The molecule has 3 aliphatic heterocycles. The summed E-state index contributed by atoms with van der Waals surface area (Å²) >= 11 is 2.29. The zero-order chi connectivity index (χ0) is 41.4. The molecule has 2 aromatic carbocycles. The van der Waals surface area contributed by atoms with E-state index in [0.717, 1.165) is 109 Å². The SMILES string of the molecule is CCI.CCn1c(C2CN(c3cc(-n4nc(C)nc4C)nc(C)n3)C2)nc2ccccc21.Cc1nc(N2CC(C3=Nc4ccccc4C3)C2)cc(-n2nc(C)nc2C)n1. The Morgan fingerprint density at radius 3 is 1.63 bits per heavy atom. The van der Waals surface area contributed by atoms with Crippen molar-refractivity contribution in [2.75, 3.05) is 40.4 Å². The molecule has 0 spiro atoms. The number of aromatic nitrogens is 12. The molecule has 16 heteroatoms. The number of imidazole rings is 1. The molecule has 59 heavy (non-hydrogen) atoms. The summed E-state index contributed by atoms with van der Waals surface area (Å²) in [5.41, 5.74) is 6.04. The van der Waals surface area contributed by atoms with E-state index in [1.54, 1.807) is 9.36 Å². The van der Waals surface area contributed by atoms with Gasteiger partial charge in [0.2, 0.25) is 0 Å². The summed E-state index contributed by atoms with van der Waals surface area (Å²) in [5.74, 6) is 10.1. The Morgan fingerprint density at radius 2 is 1.10 bits per heavy atom. The number of rotatable bonds is 7. The van der Waals surface area contributed by atoms with E-state index in [4.69, 9.17) is 9.98 Å². The summed E-state index contributed by atoms with van der Waals surface area (Å²) in [6.07, 6.45) is 0.972. The number of fused-ring (bicyclic) bond motifs is 2. The van der Waals surface area contributed by atoms with Crippen LogP contribution in [0.2, 0.25) is 0 Å². The van der Waals surface area contributed by atoms with Crippen molar-refractivity contribution in [1.82, 2.24) is 59.0 Å². The molecular formula is C43H50IN15. The zero-order valence-electron chi connectivity index (χ0n) is 35.0.